The molecule has 0 spiro atoms. The largest absolute Gasteiger partial charge is 0.305 e. The molecular formula is C18H16N4O3S2. The number of fused-ring (bicyclic) bond motifs is 1. The van der Waals surface area contributed by atoms with E-state index in [9.17, 15) is 13.2 Å². The summed E-state index contributed by atoms with van der Waals surface area (Å²) in [6.45, 7) is 0.0774. The first-order valence-electron chi connectivity index (χ1n) is 8.24. The van der Waals surface area contributed by atoms with Gasteiger partial charge in [0.25, 0.3) is 15.9 Å². The number of thioether (sulfide) groups is 1. The number of hydrogen-bond donors (Lipinski definition) is 0. The Hall–Kier alpha value is -2.65. The third-order valence-corrected chi connectivity index (χ3v) is 7.15. The van der Waals surface area contributed by atoms with Crippen molar-refractivity contribution in [3.63, 3.8) is 0 Å². The molecule has 3 aromatic rings. The molecule has 0 unspecified atom stereocenters. The summed E-state index contributed by atoms with van der Waals surface area (Å²) in [7, 11) is -1.91. The fourth-order valence-corrected chi connectivity index (χ4v) is 5.47. The monoisotopic (exact) mass is 400 g/mol. The van der Waals surface area contributed by atoms with E-state index in [1.54, 1.807) is 12.1 Å². The van der Waals surface area contributed by atoms with Crippen LogP contribution in [0.15, 0.2) is 64.6 Å². The number of amides is 1. The first kappa shape index (κ1) is 17.7. The zero-order valence-corrected chi connectivity index (χ0v) is 16.1. The summed E-state index contributed by atoms with van der Waals surface area (Å²) in [5.41, 5.74) is 1.18. The van der Waals surface area contributed by atoms with Crippen molar-refractivity contribution in [1.29, 1.82) is 0 Å². The molecule has 1 aliphatic heterocycles. The molecule has 9 heteroatoms. The predicted octanol–water partition coefficient (Wildman–Crippen LogP) is 2.42. The van der Waals surface area contributed by atoms with Gasteiger partial charge >= 0.3 is 0 Å². The summed E-state index contributed by atoms with van der Waals surface area (Å²) >= 11 is 1.36. The number of carbonyl (C=O) groups excluding carboxylic acids is 1. The lowest BCUT2D eigenvalue weighted by Crippen LogP contribution is -2.32. The highest BCUT2D eigenvalue weighted by molar-refractivity contribution is 7.99. The van der Waals surface area contributed by atoms with Gasteiger partial charge in [-0.05, 0) is 12.1 Å². The number of nitrogens with zero attached hydrogens (tertiary/aromatic N) is 4. The van der Waals surface area contributed by atoms with Gasteiger partial charge in [-0.1, -0.05) is 54.2 Å². The Kier molecular flexibility index (Phi) is 4.48. The average molecular weight is 400 g/mol. The van der Waals surface area contributed by atoms with Crippen LogP contribution < -0.4 is 0 Å². The molecule has 0 fully saturated rings. The highest BCUT2D eigenvalue weighted by atomic mass is 32.2. The van der Waals surface area contributed by atoms with E-state index in [4.69, 9.17) is 0 Å². The normalized spacial score (nSPS) is 15.1. The van der Waals surface area contributed by atoms with E-state index in [-0.39, 0.29) is 17.0 Å². The van der Waals surface area contributed by atoms with Gasteiger partial charge in [-0.2, -0.15) is 0 Å². The maximum Gasteiger partial charge on any atom is 0.269 e. The molecule has 1 aliphatic rings. The first-order valence-corrected chi connectivity index (χ1v) is 10.7. The second kappa shape index (κ2) is 6.82. The van der Waals surface area contributed by atoms with Crippen molar-refractivity contribution >= 4 is 27.7 Å². The molecule has 0 atom stereocenters. The molecular weight excluding hydrogens is 384 g/mol. The number of hydrogen-bond acceptors (Lipinski definition) is 6. The van der Waals surface area contributed by atoms with Gasteiger partial charge in [0.2, 0.25) is 0 Å². The van der Waals surface area contributed by atoms with Gasteiger partial charge in [0.1, 0.15) is 4.90 Å². The molecule has 1 amide bonds. The van der Waals surface area contributed by atoms with Crippen LogP contribution in [-0.2, 0) is 17.1 Å². The minimum absolute atomic E-state index is 0.0741. The molecule has 4 rings (SSSR count). The van der Waals surface area contributed by atoms with Gasteiger partial charge in [-0.15, -0.1) is 10.2 Å². The lowest BCUT2D eigenvalue weighted by atomic mass is 10.2. The molecule has 2 heterocycles. The maximum atomic E-state index is 12.6. The zero-order chi connectivity index (χ0) is 19.0. The third kappa shape index (κ3) is 3.02. The first-order chi connectivity index (χ1) is 13.0. The van der Waals surface area contributed by atoms with E-state index in [0.29, 0.717) is 10.9 Å². The Morgan fingerprint density at radius 2 is 1.70 bits per heavy atom. The van der Waals surface area contributed by atoms with Crippen LogP contribution in [0.1, 0.15) is 10.4 Å². The number of carbonyl (C=O) groups is 1. The van der Waals surface area contributed by atoms with Gasteiger partial charge < -0.3 is 4.57 Å². The van der Waals surface area contributed by atoms with Crippen molar-refractivity contribution < 1.29 is 13.2 Å². The Morgan fingerprint density at radius 3 is 2.44 bits per heavy atom. The molecule has 7 nitrogen and oxygen atoms in total. The zero-order valence-electron chi connectivity index (χ0n) is 14.4. The summed E-state index contributed by atoms with van der Waals surface area (Å²) < 4.78 is 27.9. The second-order valence-corrected chi connectivity index (χ2v) is 8.85. The predicted molar refractivity (Wildman–Crippen MR) is 102 cm³/mol. The van der Waals surface area contributed by atoms with Crippen LogP contribution in [0.5, 0.6) is 0 Å². The summed E-state index contributed by atoms with van der Waals surface area (Å²) in [6, 6.07) is 16.0. The Balaban J connectivity index is 1.47. The molecule has 0 radical (unpaired) electrons. The SMILES string of the molecule is Cn1c(SCCN2C(=O)c3ccccc3S2(=O)=O)nnc1-c1ccccc1. The standard InChI is InChI=1S/C18H16N4O3S2/c1-21-16(13-7-3-2-4-8-13)19-20-18(21)26-12-11-22-17(23)14-9-5-6-10-15(14)27(22,24)25/h2-10H,11-12H2,1H3. The van der Waals surface area contributed by atoms with Crippen LogP contribution >= 0.6 is 11.8 Å². The lowest BCUT2D eigenvalue weighted by molar-refractivity contribution is 0.0876. The highest BCUT2D eigenvalue weighted by Gasteiger charge is 2.40. The van der Waals surface area contributed by atoms with Crippen LogP contribution in [0, 0.1) is 0 Å². The van der Waals surface area contributed by atoms with Crippen LogP contribution in [-0.4, -0.2) is 45.7 Å². The smallest absolute Gasteiger partial charge is 0.269 e. The average Bonchev–Trinajstić information content (AvgIpc) is 3.13. The Morgan fingerprint density at radius 1 is 1.00 bits per heavy atom. The van der Waals surface area contributed by atoms with E-state index in [0.717, 1.165) is 15.7 Å². The second-order valence-electron chi connectivity index (χ2n) is 5.96. The molecule has 27 heavy (non-hydrogen) atoms. The minimum Gasteiger partial charge on any atom is -0.305 e. The summed E-state index contributed by atoms with van der Waals surface area (Å²) in [5.74, 6) is 0.643. The Bertz CT molecular complexity index is 1110. The molecule has 0 saturated heterocycles. The molecule has 2 aromatic carbocycles. The van der Waals surface area contributed by atoms with Crippen molar-refractivity contribution in [1.82, 2.24) is 19.1 Å². The van der Waals surface area contributed by atoms with Crippen molar-refractivity contribution in [3.05, 3.63) is 60.2 Å². The molecule has 138 valence electrons. The summed E-state index contributed by atoms with van der Waals surface area (Å²) in [6.07, 6.45) is 0. The van der Waals surface area contributed by atoms with E-state index in [1.165, 1.54) is 23.9 Å². The number of benzene rings is 2. The van der Waals surface area contributed by atoms with Gasteiger partial charge in [0.15, 0.2) is 11.0 Å². The van der Waals surface area contributed by atoms with E-state index >= 15 is 0 Å². The fourth-order valence-electron chi connectivity index (χ4n) is 2.95. The van der Waals surface area contributed by atoms with Crippen LogP contribution in [0.2, 0.25) is 0 Å². The Labute approximate surface area is 161 Å². The van der Waals surface area contributed by atoms with Gasteiger partial charge in [0.05, 0.1) is 5.56 Å². The van der Waals surface area contributed by atoms with Gasteiger partial charge in [-0.3, -0.25) is 4.79 Å². The van der Waals surface area contributed by atoms with Crippen LogP contribution in [0.25, 0.3) is 11.4 Å². The van der Waals surface area contributed by atoms with E-state index in [2.05, 4.69) is 10.2 Å². The minimum atomic E-state index is -3.77. The topological polar surface area (TPSA) is 85.2 Å². The van der Waals surface area contributed by atoms with Crippen LogP contribution in [0.4, 0.5) is 0 Å². The number of sulfonamides is 1. The van der Waals surface area contributed by atoms with Crippen molar-refractivity contribution in [2.75, 3.05) is 12.3 Å². The highest BCUT2D eigenvalue weighted by Crippen LogP contribution is 2.30. The molecule has 0 N–H and O–H groups in total. The molecule has 0 aliphatic carbocycles. The molecule has 0 saturated carbocycles. The van der Waals surface area contributed by atoms with Crippen LogP contribution in [0.3, 0.4) is 0 Å². The third-order valence-electron chi connectivity index (χ3n) is 4.30. The lowest BCUT2D eigenvalue weighted by Gasteiger charge is -2.14. The van der Waals surface area contributed by atoms with Crippen molar-refractivity contribution in [2.24, 2.45) is 7.05 Å². The fraction of sp³-hybridized carbons (Fsp3) is 0.167. The molecule has 0 bridgehead atoms. The van der Waals surface area contributed by atoms with Gasteiger partial charge in [-0.25, -0.2) is 12.7 Å². The summed E-state index contributed by atoms with van der Waals surface area (Å²) in [4.78, 5) is 12.5. The summed E-state index contributed by atoms with van der Waals surface area (Å²) in [5, 5.41) is 9.04. The molecule has 1 aromatic heterocycles. The van der Waals surface area contributed by atoms with Crippen molar-refractivity contribution in [2.45, 2.75) is 10.1 Å². The van der Waals surface area contributed by atoms with E-state index in [1.807, 2.05) is 41.9 Å². The van der Waals surface area contributed by atoms with Gasteiger partial charge in [0, 0.05) is 24.9 Å². The van der Waals surface area contributed by atoms with Crippen molar-refractivity contribution in [3.8, 4) is 11.4 Å². The maximum absolute atomic E-state index is 12.6. The quantitative estimate of drug-likeness (QED) is 0.612. The number of rotatable bonds is 5. The number of aromatic nitrogens is 3. The van der Waals surface area contributed by atoms with E-state index < -0.39 is 15.9 Å².